The van der Waals surface area contributed by atoms with E-state index in [1.807, 2.05) is 4.90 Å². The molecule has 1 fully saturated rings. The van der Waals surface area contributed by atoms with Crippen LogP contribution in [0.5, 0.6) is 0 Å². The van der Waals surface area contributed by atoms with Crippen LogP contribution in [-0.4, -0.2) is 66.0 Å². The zero-order valence-corrected chi connectivity index (χ0v) is 14.5. The molecule has 0 unspecified atom stereocenters. The summed E-state index contributed by atoms with van der Waals surface area (Å²) in [5, 5.41) is 7.45. The first-order valence-corrected chi connectivity index (χ1v) is 9.11. The van der Waals surface area contributed by atoms with Crippen molar-refractivity contribution in [3.05, 3.63) is 27.9 Å². The van der Waals surface area contributed by atoms with E-state index in [0.717, 1.165) is 43.4 Å². The number of hydrogen-bond acceptors (Lipinski definition) is 5. The molecule has 1 saturated heterocycles. The molecule has 7 heteroatoms. The van der Waals surface area contributed by atoms with Gasteiger partial charge in [-0.25, -0.2) is 9.78 Å². The number of aromatic nitrogens is 1. The highest BCUT2D eigenvalue weighted by atomic mass is 32.1. The van der Waals surface area contributed by atoms with Gasteiger partial charge in [0.1, 0.15) is 5.01 Å². The van der Waals surface area contributed by atoms with Gasteiger partial charge >= 0.3 is 6.03 Å². The largest absolute Gasteiger partial charge is 0.331 e. The van der Waals surface area contributed by atoms with Crippen molar-refractivity contribution in [2.45, 2.75) is 6.54 Å². The van der Waals surface area contributed by atoms with Gasteiger partial charge in [-0.15, -0.1) is 11.3 Å². The van der Waals surface area contributed by atoms with E-state index in [4.69, 9.17) is 4.98 Å². The predicted octanol–water partition coefficient (Wildman–Crippen LogP) is 2.67. The van der Waals surface area contributed by atoms with Crippen molar-refractivity contribution in [3.8, 4) is 10.6 Å². The summed E-state index contributed by atoms with van der Waals surface area (Å²) in [7, 11) is 3.60. The van der Waals surface area contributed by atoms with Gasteiger partial charge in [0, 0.05) is 63.1 Å². The normalized spacial score (nSPS) is 16.0. The Balaban J connectivity index is 1.54. The average Bonchev–Trinajstić information content (AvgIpc) is 3.18. The fourth-order valence-corrected chi connectivity index (χ4v) is 4.03. The zero-order chi connectivity index (χ0) is 15.5. The maximum absolute atomic E-state index is 11.9. The van der Waals surface area contributed by atoms with Crippen LogP contribution in [0.3, 0.4) is 0 Å². The van der Waals surface area contributed by atoms with Crippen molar-refractivity contribution in [2.24, 2.45) is 0 Å². The molecule has 1 aliphatic rings. The summed E-state index contributed by atoms with van der Waals surface area (Å²) in [5.74, 6) is 0. The van der Waals surface area contributed by atoms with Gasteiger partial charge < -0.3 is 9.80 Å². The summed E-state index contributed by atoms with van der Waals surface area (Å²) < 4.78 is 0. The topological polar surface area (TPSA) is 39.7 Å². The van der Waals surface area contributed by atoms with Crippen LogP contribution in [0.2, 0.25) is 0 Å². The van der Waals surface area contributed by atoms with Crippen LogP contribution >= 0.6 is 22.7 Å². The molecular weight excluding hydrogens is 316 g/mol. The van der Waals surface area contributed by atoms with E-state index >= 15 is 0 Å². The van der Waals surface area contributed by atoms with E-state index in [1.54, 1.807) is 41.7 Å². The number of urea groups is 1. The maximum Gasteiger partial charge on any atom is 0.319 e. The Bertz CT molecular complexity index is 615. The molecule has 0 N–H and O–H groups in total. The molecular formula is C15H20N4OS2. The highest BCUT2D eigenvalue weighted by Gasteiger charge is 2.22. The van der Waals surface area contributed by atoms with Crippen molar-refractivity contribution in [3.63, 3.8) is 0 Å². The fraction of sp³-hybridized carbons (Fsp3) is 0.467. The highest BCUT2D eigenvalue weighted by molar-refractivity contribution is 7.14. The number of piperazine rings is 1. The SMILES string of the molecule is CN(C)C(=O)N1CCN(Cc2csc(-c3ccsc3)n2)CC1. The Morgan fingerprint density at radius 3 is 2.68 bits per heavy atom. The summed E-state index contributed by atoms with van der Waals surface area (Å²) in [6, 6.07) is 2.21. The van der Waals surface area contributed by atoms with Crippen LogP contribution in [0.15, 0.2) is 22.2 Å². The standard InChI is InChI=1S/C15H20N4OS2/c1-17(2)15(20)19-6-4-18(5-7-19)9-13-11-22-14(16-13)12-3-8-21-10-12/h3,8,10-11H,4-7,9H2,1-2H3. The Morgan fingerprint density at radius 1 is 1.27 bits per heavy atom. The Hall–Kier alpha value is -1.44. The molecule has 5 nitrogen and oxygen atoms in total. The number of nitrogens with zero attached hydrogens (tertiary/aromatic N) is 4. The molecule has 22 heavy (non-hydrogen) atoms. The first kappa shape index (κ1) is 15.5. The number of hydrogen-bond donors (Lipinski definition) is 0. The van der Waals surface area contributed by atoms with Crippen LogP contribution in [-0.2, 0) is 6.54 Å². The number of thiophene rings is 1. The van der Waals surface area contributed by atoms with Crippen molar-refractivity contribution in [1.82, 2.24) is 19.7 Å². The summed E-state index contributed by atoms with van der Waals surface area (Å²) in [6.07, 6.45) is 0. The molecule has 118 valence electrons. The quantitative estimate of drug-likeness (QED) is 0.865. The molecule has 0 aliphatic carbocycles. The van der Waals surface area contributed by atoms with E-state index in [-0.39, 0.29) is 6.03 Å². The lowest BCUT2D eigenvalue weighted by Gasteiger charge is -2.35. The van der Waals surface area contributed by atoms with Gasteiger partial charge in [-0.3, -0.25) is 4.90 Å². The van der Waals surface area contributed by atoms with Crippen molar-refractivity contribution < 1.29 is 4.79 Å². The van der Waals surface area contributed by atoms with Crippen LogP contribution in [0.25, 0.3) is 10.6 Å². The third-order valence-electron chi connectivity index (χ3n) is 3.73. The second kappa shape index (κ2) is 6.76. The van der Waals surface area contributed by atoms with Gasteiger partial charge in [-0.1, -0.05) is 0 Å². The summed E-state index contributed by atoms with van der Waals surface area (Å²) in [6.45, 7) is 4.26. The van der Waals surface area contributed by atoms with Crippen molar-refractivity contribution >= 4 is 28.7 Å². The van der Waals surface area contributed by atoms with Crippen LogP contribution < -0.4 is 0 Å². The number of carbonyl (C=O) groups excluding carboxylic acids is 1. The van der Waals surface area contributed by atoms with E-state index < -0.39 is 0 Å². The first-order chi connectivity index (χ1) is 10.6. The molecule has 2 aromatic heterocycles. The minimum Gasteiger partial charge on any atom is -0.331 e. The van der Waals surface area contributed by atoms with Gasteiger partial charge in [-0.2, -0.15) is 11.3 Å². The maximum atomic E-state index is 11.9. The fourth-order valence-electron chi connectivity index (χ4n) is 2.51. The predicted molar refractivity (Wildman–Crippen MR) is 91.4 cm³/mol. The Morgan fingerprint density at radius 2 is 2.05 bits per heavy atom. The highest BCUT2D eigenvalue weighted by Crippen LogP contribution is 2.26. The molecule has 0 bridgehead atoms. The van der Waals surface area contributed by atoms with E-state index in [1.165, 1.54) is 5.56 Å². The lowest BCUT2D eigenvalue weighted by atomic mass is 10.3. The van der Waals surface area contributed by atoms with Crippen molar-refractivity contribution in [1.29, 1.82) is 0 Å². The molecule has 2 aromatic rings. The summed E-state index contributed by atoms with van der Waals surface area (Å²) >= 11 is 3.40. The smallest absolute Gasteiger partial charge is 0.319 e. The number of amides is 2. The van der Waals surface area contributed by atoms with Crippen LogP contribution in [0.1, 0.15) is 5.69 Å². The van der Waals surface area contributed by atoms with Gasteiger partial charge in [0.2, 0.25) is 0 Å². The second-order valence-electron chi connectivity index (χ2n) is 5.60. The monoisotopic (exact) mass is 336 g/mol. The van der Waals surface area contributed by atoms with E-state index in [9.17, 15) is 4.79 Å². The second-order valence-corrected chi connectivity index (χ2v) is 7.23. The molecule has 0 radical (unpaired) electrons. The number of thiazole rings is 1. The van der Waals surface area contributed by atoms with Gasteiger partial charge in [0.25, 0.3) is 0 Å². The first-order valence-electron chi connectivity index (χ1n) is 7.29. The number of rotatable bonds is 3. The third kappa shape index (κ3) is 3.48. The van der Waals surface area contributed by atoms with Crippen molar-refractivity contribution in [2.75, 3.05) is 40.3 Å². The molecule has 0 spiro atoms. The summed E-state index contributed by atoms with van der Waals surface area (Å²) in [4.78, 5) is 22.6. The Labute approximate surface area is 138 Å². The minimum absolute atomic E-state index is 0.105. The third-order valence-corrected chi connectivity index (χ3v) is 5.35. The summed E-state index contributed by atoms with van der Waals surface area (Å²) in [5.41, 5.74) is 2.33. The van der Waals surface area contributed by atoms with E-state index in [2.05, 4.69) is 27.1 Å². The van der Waals surface area contributed by atoms with Gasteiger partial charge in [-0.05, 0) is 11.4 Å². The van der Waals surface area contributed by atoms with Gasteiger partial charge in [0.15, 0.2) is 0 Å². The molecule has 0 saturated carbocycles. The Kier molecular flexibility index (Phi) is 4.75. The molecule has 0 atom stereocenters. The zero-order valence-electron chi connectivity index (χ0n) is 12.9. The average molecular weight is 336 g/mol. The molecule has 3 rings (SSSR count). The lowest BCUT2D eigenvalue weighted by molar-refractivity contribution is 0.119. The molecule has 2 amide bonds. The minimum atomic E-state index is 0.105. The molecule has 0 aromatic carbocycles. The lowest BCUT2D eigenvalue weighted by Crippen LogP contribution is -2.51. The number of carbonyl (C=O) groups is 1. The molecule has 1 aliphatic heterocycles. The van der Waals surface area contributed by atoms with Crippen LogP contribution in [0.4, 0.5) is 4.79 Å². The van der Waals surface area contributed by atoms with Gasteiger partial charge in [0.05, 0.1) is 5.69 Å². The molecule has 3 heterocycles. The van der Waals surface area contributed by atoms with Crippen LogP contribution in [0, 0.1) is 0 Å². The van der Waals surface area contributed by atoms with E-state index in [0.29, 0.717) is 0 Å².